The van der Waals surface area contributed by atoms with E-state index in [1.54, 1.807) is 0 Å². The average Bonchev–Trinajstić information content (AvgIpc) is 2.99. The van der Waals surface area contributed by atoms with Crippen molar-refractivity contribution in [1.82, 2.24) is 0 Å². The lowest BCUT2D eigenvalue weighted by molar-refractivity contribution is 0.0133. The van der Waals surface area contributed by atoms with Crippen LogP contribution in [0.3, 0.4) is 0 Å². The van der Waals surface area contributed by atoms with Crippen molar-refractivity contribution < 1.29 is 5.11 Å². The van der Waals surface area contributed by atoms with E-state index >= 15 is 0 Å². The normalized spacial score (nSPS) is 43.8. The highest BCUT2D eigenvalue weighted by Gasteiger charge is 2.55. The van der Waals surface area contributed by atoms with Gasteiger partial charge in [0.05, 0.1) is 6.10 Å². The van der Waals surface area contributed by atoms with Crippen LogP contribution in [0.5, 0.6) is 0 Å². The lowest BCUT2D eigenvalue weighted by Crippen LogP contribution is -2.45. The van der Waals surface area contributed by atoms with Crippen molar-refractivity contribution in [3.8, 4) is 0 Å². The maximum absolute atomic E-state index is 10.2. The van der Waals surface area contributed by atoms with Crippen LogP contribution >= 0.6 is 0 Å². The van der Waals surface area contributed by atoms with Crippen LogP contribution in [-0.2, 0) is 0 Å². The van der Waals surface area contributed by atoms with Crippen LogP contribution in [0.1, 0.15) is 105 Å². The summed E-state index contributed by atoms with van der Waals surface area (Å²) in [4.78, 5) is 0. The number of hydrogen-bond donors (Lipinski definition) is 1. The summed E-state index contributed by atoms with van der Waals surface area (Å²) >= 11 is 0. The molecule has 0 aromatic heterocycles. The molecule has 7 atom stereocenters. The van der Waals surface area contributed by atoms with Crippen molar-refractivity contribution in [3.05, 3.63) is 22.8 Å². The van der Waals surface area contributed by atoms with Crippen LogP contribution in [0.4, 0.5) is 0 Å². The van der Waals surface area contributed by atoms with Crippen molar-refractivity contribution in [2.24, 2.45) is 34.5 Å². The lowest BCUT2D eigenvalue weighted by Gasteiger charge is -2.55. The summed E-state index contributed by atoms with van der Waals surface area (Å²) in [6.45, 7) is 12.2. The molecule has 1 N–H and O–H groups in total. The maximum Gasteiger partial charge on any atom is 0.0543 e. The van der Waals surface area contributed by atoms with Gasteiger partial charge in [0.2, 0.25) is 0 Å². The fourth-order valence-corrected chi connectivity index (χ4v) is 8.25. The molecule has 0 spiro atoms. The summed E-state index contributed by atoms with van der Waals surface area (Å²) in [6.07, 6.45) is 16.7. The molecule has 1 nitrogen and oxygen atoms in total. The van der Waals surface area contributed by atoms with E-state index in [1.165, 1.54) is 63.4 Å². The minimum Gasteiger partial charge on any atom is -0.393 e. The van der Waals surface area contributed by atoms with Crippen molar-refractivity contribution in [3.63, 3.8) is 0 Å². The average molecular weight is 385 g/mol. The first-order chi connectivity index (χ1) is 13.3. The summed E-state index contributed by atoms with van der Waals surface area (Å²) in [6, 6.07) is 0. The van der Waals surface area contributed by atoms with Crippen LogP contribution in [0.25, 0.3) is 0 Å². The van der Waals surface area contributed by atoms with Gasteiger partial charge < -0.3 is 5.11 Å². The smallest absolute Gasteiger partial charge is 0.0543 e. The van der Waals surface area contributed by atoms with Gasteiger partial charge in [0, 0.05) is 0 Å². The minimum atomic E-state index is -0.0356. The van der Waals surface area contributed by atoms with Crippen molar-refractivity contribution in [2.75, 3.05) is 0 Å². The Hall–Kier alpha value is -0.560. The monoisotopic (exact) mass is 384 g/mol. The van der Waals surface area contributed by atoms with Gasteiger partial charge in [-0.15, -0.1) is 0 Å². The van der Waals surface area contributed by atoms with Gasteiger partial charge in [0.1, 0.15) is 0 Å². The number of rotatable bonds is 4. The molecule has 4 aliphatic rings. The topological polar surface area (TPSA) is 20.2 Å². The molecule has 2 fully saturated rings. The molecule has 158 valence electrons. The molecule has 1 heteroatoms. The van der Waals surface area contributed by atoms with Gasteiger partial charge in [0.15, 0.2) is 0 Å². The molecule has 0 bridgehead atoms. The Morgan fingerprint density at radius 2 is 1.89 bits per heavy atom. The largest absolute Gasteiger partial charge is 0.393 e. The number of allylic oxidation sites excluding steroid dienone is 4. The van der Waals surface area contributed by atoms with Gasteiger partial charge in [-0.1, -0.05) is 43.6 Å². The van der Waals surface area contributed by atoms with E-state index in [0.717, 1.165) is 36.5 Å². The molecular weight excluding hydrogens is 340 g/mol. The Morgan fingerprint density at radius 1 is 1.11 bits per heavy atom. The van der Waals surface area contributed by atoms with Crippen molar-refractivity contribution in [2.45, 2.75) is 111 Å². The third kappa shape index (κ3) is 3.34. The first-order valence-corrected chi connectivity index (χ1v) is 12.3. The zero-order valence-corrected chi connectivity index (χ0v) is 19.2. The Labute approximate surface area is 174 Å². The molecule has 0 radical (unpaired) electrons. The Morgan fingerprint density at radius 3 is 2.64 bits per heavy atom. The molecule has 4 aliphatic carbocycles. The fourth-order valence-electron chi connectivity index (χ4n) is 8.25. The van der Waals surface area contributed by atoms with Crippen molar-refractivity contribution >= 4 is 0 Å². The molecule has 0 saturated heterocycles. The van der Waals surface area contributed by atoms with E-state index in [-0.39, 0.29) is 6.10 Å². The van der Waals surface area contributed by atoms with E-state index in [2.05, 4.69) is 40.7 Å². The number of aliphatic hydroxyl groups is 1. The molecule has 0 heterocycles. The summed E-state index contributed by atoms with van der Waals surface area (Å²) in [7, 11) is 0. The van der Waals surface area contributed by atoms with Gasteiger partial charge in [-0.25, -0.2) is 0 Å². The van der Waals surface area contributed by atoms with Gasteiger partial charge in [-0.3, -0.25) is 0 Å². The predicted octanol–water partition coefficient (Wildman–Crippen LogP) is 7.45. The molecule has 0 aromatic carbocycles. The summed E-state index contributed by atoms with van der Waals surface area (Å²) in [5.41, 5.74) is 6.19. The van der Waals surface area contributed by atoms with Crippen molar-refractivity contribution in [1.29, 1.82) is 0 Å². The molecule has 4 rings (SSSR count). The third-order valence-corrected chi connectivity index (χ3v) is 9.90. The minimum absolute atomic E-state index is 0.0356. The lowest BCUT2D eigenvalue weighted by atomic mass is 9.50. The van der Waals surface area contributed by atoms with E-state index in [4.69, 9.17) is 0 Å². The quantitative estimate of drug-likeness (QED) is 0.499. The highest BCUT2D eigenvalue weighted by molar-refractivity contribution is 5.34. The first-order valence-electron chi connectivity index (χ1n) is 12.3. The van der Waals surface area contributed by atoms with Crippen LogP contribution < -0.4 is 0 Å². The first kappa shape index (κ1) is 20.7. The maximum atomic E-state index is 10.2. The zero-order chi connectivity index (χ0) is 20.1. The van der Waals surface area contributed by atoms with E-state index < -0.39 is 0 Å². The van der Waals surface area contributed by atoms with Crippen LogP contribution in [0.2, 0.25) is 0 Å². The molecule has 0 aromatic rings. The van der Waals surface area contributed by atoms with E-state index in [9.17, 15) is 5.11 Å². The molecule has 0 aliphatic heterocycles. The standard InChI is InChI=1S/C27H44O/c1-18(2)7-6-8-19(3)23-11-12-24-22-10-9-20-17-21(28)13-15-26(20,4)25(22)14-16-27(23,24)5/h7,19-21,23-24,28H,6,8-17H2,1-5H3/t19-,20?,21?,23-,24+,26+,27-/m1/s1. The second kappa shape index (κ2) is 7.60. The molecular formula is C27H44O. The molecule has 28 heavy (non-hydrogen) atoms. The van der Waals surface area contributed by atoms with Gasteiger partial charge in [-0.2, -0.15) is 0 Å². The van der Waals surface area contributed by atoms with E-state index in [1.807, 2.05) is 11.1 Å². The summed E-state index contributed by atoms with van der Waals surface area (Å²) in [5.74, 6) is 3.36. The molecule has 0 amide bonds. The Kier molecular flexibility index (Phi) is 5.62. The van der Waals surface area contributed by atoms with Gasteiger partial charge in [0.25, 0.3) is 0 Å². The van der Waals surface area contributed by atoms with Crippen LogP contribution in [0, 0.1) is 34.5 Å². The highest BCUT2D eigenvalue weighted by Crippen LogP contribution is 2.65. The third-order valence-electron chi connectivity index (χ3n) is 9.90. The molecule has 2 saturated carbocycles. The van der Waals surface area contributed by atoms with Crippen LogP contribution in [-0.4, -0.2) is 11.2 Å². The second-order valence-corrected chi connectivity index (χ2v) is 11.7. The highest BCUT2D eigenvalue weighted by atomic mass is 16.3. The Bertz CT molecular complexity index is 653. The fraction of sp³-hybridized carbons (Fsp3) is 0.852. The predicted molar refractivity (Wildman–Crippen MR) is 119 cm³/mol. The summed E-state index contributed by atoms with van der Waals surface area (Å²) < 4.78 is 0. The van der Waals surface area contributed by atoms with Gasteiger partial charge in [-0.05, 0) is 119 Å². The SMILES string of the molecule is CC(C)=CCC[C@@H](C)[C@H]1CC[C@H]2C3=C(CC[C@]12C)[C@@]1(C)CCC(O)CC1CC3. The zero-order valence-electron chi connectivity index (χ0n) is 19.2. The molecule has 2 unspecified atom stereocenters. The Balaban J connectivity index is 1.55. The van der Waals surface area contributed by atoms with E-state index in [0.29, 0.717) is 10.8 Å². The van der Waals surface area contributed by atoms with Crippen LogP contribution in [0.15, 0.2) is 22.8 Å². The second-order valence-electron chi connectivity index (χ2n) is 11.7. The summed E-state index contributed by atoms with van der Waals surface area (Å²) in [5, 5.41) is 10.2. The number of hydrogen-bond acceptors (Lipinski definition) is 1. The number of aliphatic hydroxyl groups excluding tert-OH is 1. The van der Waals surface area contributed by atoms with Gasteiger partial charge >= 0.3 is 0 Å². The number of fused-ring (bicyclic) bond motifs is 4.